The van der Waals surface area contributed by atoms with Crippen LogP contribution in [-0.2, 0) is 0 Å². The second kappa shape index (κ2) is 4.21. The van der Waals surface area contributed by atoms with Crippen molar-refractivity contribution in [1.82, 2.24) is 4.90 Å². The van der Waals surface area contributed by atoms with Gasteiger partial charge >= 0.3 is 0 Å². The molecule has 0 saturated carbocycles. The van der Waals surface area contributed by atoms with Crippen molar-refractivity contribution in [3.05, 3.63) is 0 Å². The molecule has 0 atom stereocenters. The molecule has 72 valence electrons. The largest absolute Gasteiger partial charge is 0.395 e. The smallest absolute Gasteiger partial charge is 0.0609 e. The van der Waals surface area contributed by atoms with Crippen molar-refractivity contribution in [2.45, 2.75) is 19.9 Å². The maximum Gasteiger partial charge on any atom is 0.0609 e. The molecule has 2 N–H and O–H groups in total. The molecule has 0 aliphatic carbocycles. The Bertz CT molecular complexity index is 128. The fraction of sp³-hybridized carbons (Fsp3) is 1.00. The third-order valence-corrected chi connectivity index (χ3v) is 2.82. The molecule has 0 spiro atoms. The average Bonchev–Trinajstić information content (AvgIpc) is 1.94. The second-order valence-electron chi connectivity index (χ2n) is 3.98. The number of aliphatic hydroxyl groups excluding tert-OH is 2. The van der Waals surface area contributed by atoms with Gasteiger partial charge in [0.2, 0.25) is 0 Å². The van der Waals surface area contributed by atoms with Crippen LogP contribution < -0.4 is 0 Å². The average molecular weight is 173 g/mol. The van der Waals surface area contributed by atoms with Gasteiger partial charge in [0.05, 0.1) is 19.3 Å². The molecule has 1 aliphatic rings. The predicted molar refractivity (Wildman–Crippen MR) is 47.9 cm³/mol. The first-order valence-corrected chi connectivity index (χ1v) is 4.64. The highest BCUT2D eigenvalue weighted by molar-refractivity contribution is 4.86. The first-order chi connectivity index (χ1) is 5.69. The quantitative estimate of drug-likeness (QED) is 0.625. The molecular weight excluding hydrogens is 154 g/mol. The molecular formula is C9H19NO2. The van der Waals surface area contributed by atoms with Crippen LogP contribution in [0.2, 0.25) is 0 Å². The zero-order valence-corrected chi connectivity index (χ0v) is 7.90. The minimum atomic E-state index is -0.0278. The number of hydrogen-bond acceptors (Lipinski definition) is 3. The Kier molecular flexibility index (Phi) is 3.50. The first-order valence-electron chi connectivity index (χ1n) is 4.64. The molecule has 0 bridgehead atoms. The molecule has 0 unspecified atom stereocenters. The molecule has 1 fully saturated rings. The molecule has 0 radical (unpaired) electrons. The molecule has 3 nitrogen and oxygen atoms in total. The fourth-order valence-electron chi connectivity index (χ4n) is 1.56. The van der Waals surface area contributed by atoms with Crippen molar-refractivity contribution in [3.8, 4) is 0 Å². The standard InChI is InChI=1S/C9H19NO2/c1-7(2)8-3-10(4-8)9(5-11)6-12/h7-9,11-12H,3-6H2,1-2H3. The Morgan fingerprint density at radius 2 is 1.75 bits per heavy atom. The van der Waals surface area contributed by atoms with Crippen LogP contribution in [0.25, 0.3) is 0 Å². The zero-order valence-electron chi connectivity index (χ0n) is 7.90. The summed E-state index contributed by atoms with van der Waals surface area (Å²) in [4.78, 5) is 2.14. The molecule has 1 rings (SSSR count). The monoisotopic (exact) mass is 173 g/mol. The summed E-state index contributed by atoms with van der Waals surface area (Å²) >= 11 is 0. The van der Waals surface area contributed by atoms with Gasteiger partial charge in [0.1, 0.15) is 0 Å². The first kappa shape index (κ1) is 9.96. The van der Waals surface area contributed by atoms with Gasteiger partial charge in [0.25, 0.3) is 0 Å². The maximum atomic E-state index is 8.88. The van der Waals surface area contributed by atoms with E-state index in [9.17, 15) is 0 Å². The molecule has 3 heteroatoms. The van der Waals surface area contributed by atoms with Gasteiger partial charge in [-0.25, -0.2) is 0 Å². The van der Waals surface area contributed by atoms with Gasteiger partial charge < -0.3 is 10.2 Å². The normalized spacial score (nSPS) is 20.5. The molecule has 12 heavy (non-hydrogen) atoms. The lowest BCUT2D eigenvalue weighted by Crippen LogP contribution is -2.56. The van der Waals surface area contributed by atoms with Gasteiger partial charge in [-0.1, -0.05) is 13.8 Å². The Hall–Kier alpha value is -0.120. The fourth-order valence-corrected chi connectivity index (χ4v) is 1.56. The predicted octanol–water partition coefficient (Wildman–Crippen LogP) is -0.0726. The SMILES string of the molecule is CC(C)C1CN(C(CO)CO)C1. The van der Waals surface area contributed by atoms with Crippen molar-refractivity contribution >= 4 is 0 Å². The van der Waals surface area contributed by atoms with Crippen LogP contribution >= 0.6 is 0 Å². The summed E-state index contributed by atoms with van der Waals surface area (Å²) in [5, 5.41) is 17.8. The van der Waals surface area contributed by atoms with Gasteiger partial charge in [0, 0.05) is 13.1 Å². The number of nitrogens with zero attached hydrogens (tertiary/aromatic N) is 1. The van der Waals surface area contributed by atoms with Gasteiger partial charge in [-0.2, -0.15) is 0 Å². The van der Waals surface area contributed by atoms with E-state index in [4.69, 9.17) is 10.2 Å². The summed E-state index contributed by atoms with van der Waals surface area (Å²) in [6.45, 7) is 6.64. The minimum Gasteiger partial charge on any atom is -0.395 e. The molecule has 0 aromatic heterocycles. The molecule has 1 heterocycles. The van der Waals surface area contributed by atoms with Crippen molar-refractivity contribution in [2.24, 2.45) is 11.8 Å². The number of hydrogen-bond donors (Lipinski definition) is 2. The van der Waals surface area contributed by atoms with Gasteiger partial charge in [-0.05, 0) is 11.8 Å². The van der Waals surface area contributed by atoms with E-state index in [1.165, 1.54) is 0 Å². The molecule has 0 aromatic carbocycles. The Morgan fingerprint density at radius 1 is 1.25 bits per heavy atom. The van der Waals surface area contributed by atoms with Crippen LogP contribution in [-0.4, -0.2) is 47.5 Å². The summed E-state index contributed by atoms with van der Waals surface area (Å²) in [6, 6.07) is -0.0278. The maximum absolute atomic E-state index is 8.88. The van der Waals surface area contributed by atoms with Crippen LogP contribution in [0.4, 0.5) is 0 Å². The van der Waals surface area contributed by atoms with E-state index in [0.717, 1.165) is 24.9 Å². The Labute approximate surface area is 74.0 Å². The van der Waals surface area contributed by atoms with Crippen molar-refractivity contribution in [2.75, 3.05) is 26.3 Å². The van der Waals surface area contributed by atoms with Crippen LogP contribution in [0.5, 0.6) is 0 Å². The van der Waals surface area contributed by atoms with E-state index < -0.39 is 0 Å². The lowest BCUT2D eigenvalue weighted by Gasteiger charge is -2.45. The second-order valence-corrected chi connectivity index (χ2v) is 3.98. The van der Waals surface area contributed by atoms with E-state index in [1.807, 2.05) is 0 Å². The van der Waals surface area contributed by atoms with Crippen molar-refractivity contribution < 1.29 is 10.2 Å². The molecule has 0 amide bonds. The molecule has 0 aromatic rings. The van der Waals surface area contributed by atoms with Crippen molar-refractivity contribution in [1.29, 1.82) is 0 Å². The number of aliphatic hydroxyl groups is 2. The van der Waals surface area contributed by atoms with E-state index in [1.54, 1.807) is 0 Å². The summed E-state index contributed by atoms with van der Waals surface area (Å²) in [5.41, 5.74) is 0. The van der Waals surface area contributed by atoms with Gasteiger partial charge in [-0.15, -0.1) is 0 Å². The Balaban J connectivity index is 2.23. The summed E-state index contributed by atoms with van der Waals surface area (Å²) < 4.78 is 0. The van der Waals surface area contributed by atoms with Crippen LogP contribution in [0.1, 0.15) is 13.8 Å². The van der Waals surface area contributed by atoms with E-state index >= 15 is 0 Å². The van der Waals surface area contributed by atoms with Crippen LogP contribution in [0, 0.1) is 11.8 Å². The topological polar surface area (TPSA) is 43.7 Å². The van der Waals surface area contributed by atoms with Gasteiger partial charge in [0.15, 0.2) is 0 Å². The number of likely N-dealkylation sites (tertiary alicyclic amines) is 1. The highest BCUT2D eigenvalue weighted by Gasteiger charge is 2.32. The minimum absolute atomic E-state index is 0.0278. The van der Waals surface area contributed by atoms with E-state index in [0.29, 0.717) is 0 Å². The highest BCUT2D eigenvalue weighted by atomic mass is 16.3. The summed E-state index contributed by atoms with van der Waals surface area (Å²) in [5.74, 6) is 1.48. The molecule has 1 saturated heterocycles. The Morgan fingerprint density at radius 3 is 2.08 bits per heavy atom. The van der Waals surface area contributed by atoms with Crippen LogP contribution in [0.3, 0.4) is 0 Å². The number of rotatable bonds is 4. The van der Waals surface area contributed by atoms with E-state index in [2.05, 4.69) is 18.7 Å². The van der Waals surface area contributed by atoms with Gasteiger partial charge in [-0.3, -0.25) is 4.90 Å². The summed E-state index contributed by atoms with van der Waals surface area (Å²) in [6.07, 6.45) is 0. The lowest BCUT2D eigenvalue weighted by atomic mass is 9.87. The zero-order chi connectivity index (χ0) is 9.14. The lowest BCUT2D eigenvalue weighted by molar-refractivity contribution is -0.0169. The van der Waals surface area contributed by atoms with Crippen molar-refractivity contribution in [3.63, 3.8) is 0 Å². The third-order valence-electron chi connectivity index (χ3n) is 2.82. The van der Waals surface area contributed by atoms with E-state index in [-0.39, 0.29) is 19.3 Å². The van der Waals surface area contributed by atoms with Crippen LogP contribution in [0.15, 0.2) is 0 Å². The molecule has 1 aliphatic heterocycles. The third kappa shape index (κ3) is 1.97. The summed E-state index contributed by atoms with van der Waals surface area (Å²) in [7, 11) is 0. The highest BCUT2D eigenvalue weighted by Crippen LogP contribution is 2.24.